The number of rotatable bonds is 2. The Labute approximate surface area is 81.5 Å². The fourth-order valence-electron chi connectivity index (χ4n) is 0.930. The summed E-state index contributed by atoms with van der Waals surface area (Å²) >= 11 is 5.76. The van der Waals surface area contributed by atoms with Crippen molar-refractivity contribution >= 4 is 17.7 Å². The molecule has 1 aromatic rings. The van der Waals surface area contributed by atoms with Gasteiger partial charge in [-0.05, 0) is 30.2 Å². The first-order chi connectivity index (χ1) is 6.13. The molecular formula is C10H10ClFO. The lowest BCUT2D eigenvalue weighted by atomic mass is 10.1. The molecule has 1 rings (SSSR count). The summed E-state index contributed by atoms with van der Waals surface area (Å²) in [5.41, 5.74) is 1.50. The van der Waals surface area contributed by atoms with Crippen LogP contribution in [0.5, 0.6) is 0 Å². The van der Waals surface area contributed by atoms with E-state index in [2.05, 4.69) is 0 Å². The molecule has 1 N–H and O–H groups in total. The van der Waals surface area contributed by atoms with Crippen LogP contribution in [-0.4, -0.2) is 11.7 Å². The van der Waals surface area contributed by atoms with Gasteiger partial charge in [-0.15, -0.1) is 0 Å². The van der Waals surface area contributed by atoms with Crippen LogP contribution in [0, 0.1) is 5.82 Å². The molecule has 0 heterocycles. The van der Waals surface area contributed by atoms with E-state index < -0.39 is 0 Å². The summed E-state index contributed by atoms with van der Waals surface area (Å²) in [6.45, 7) is 1.76. The van der Waals surface area contributed by atoms with Gasteiger partial charge in [-0.25, -0.2) is 4.39 Å². The minimum atomic E-state index is -0.358. The molecule has 70 valence electrons. The molecule has 0 fully saturated rings. The Bertz CT molecular complexity index is 334. The molecular weight excluding hydrogens is 191 g/mol. The summed E-state index contributed by atoms with van der Waals surface area (Å²) in [6, 6.07) is 4.16. The maximum atomic E-state index is 12.6. The largest absolute Gasteiger partial charge is 0.392 e. The van der Waals surface area contributed by atoms with Gasteiger partial charge < -0.3 is 5.11 Å². The Morgan fingerprint density at radius 1 is 1.62 bits per heavy atom. The predicted octanol–water partition coefficient (Wildman–Crippen LogP) is 2.87. The molecule has 0 bridgehead atoms. The third kappa shape index (κ3) is 2.83. The zero-order chi connectivity index (χ0) is 9.84. The highest BCUT2D eigenvalue weighted by Crippen LogP contribution is 2.19. The highest BCUT2D eigenvalue weighted by Gasteiger charge is 1.99. The van der Waals surface area contributed by atoms with E-state index in [1.165, 1.54) is 12.1 Å². The summed E-state index contributed by atoms with van der Waals surface area (Å²) in [6.07, 6.45) is 1.72. The first-order valence-corrected chi connectivity index (χ1v) is 4.24. The first kappa shape index (κ1) is 10.2. The molecule has 0 spiro atoms. The maximum absolute atomic E-state index is 12.6. The summed E-state index contributed by atoms with van der Waals surface area (Å²) in [7, 11) is 0. The molecule has 13 heavy (non-hydrogen) atoms. The van der Waals surface area contributed by atoms with Crippen LogP contribution in [0.1, 0.15) is 12.5 Å². The lowest BCUT2D eigenvalue weighted by molar-refractivity contribution is 0.332. The molecule has 0 aromatic heterocycles. The van der Waals surface area contributed by atoms with Crippen molar-refractivity contribution in [3.8, 4) is 0 Å². The van der Waals surface area contributed by atoms with Crippen molar-refractivity contribution in [1.82, 2.24) is 0 Å². The molecule has 0 atom stereocenters. The molecule has 0 amide bonds. The third-order valence-electron chi connectivity index (χ3n) is 1.61. The minimum absolute atomic E-state index is 0.0201. The minimum Gasteiger partial charge on any atom is -0.392 e. The predicted molar refractivity (Wildman–Crippen MR) is 52.1 cm³/mol. The van der Waals surface area contributed by atoms with Crippen molar-refractivity contribution in [3.63, 3.8) is 0 Å². The first-order valence-electron chi connectivity index (χ1n) is 3.86. The maximum Gasteiger partial charge on any atom is 0.124 e. The fraction of sp³-hybridized carbons (Fsp3) is 0.200. The number of hydrogen-bond donors (Lipinski definition) is 1. The van der Waals surface area contributed by atoms with E-state index in [-0.39, 0.29) is 12.4 Å². The van der Waals surface area contributed by atoms with Crippen LogP contribution in [0.25, 0.3) is 6.08 Å². The number of aliphatic hydroxyl groups is 1. The molecule has 0 saturated heterocycles. The SMILES string of the molecule is C/C(=C/c1ccc(F)cc1Cl)CO. The Hall–Kier alpha value is -0.860. The van der Waals surface area contributed by atoms with Gasteiger partial charge in [-0.1, -0.05) is 23.7 Å². The van der Waals surface area contributed by atoms with Gasteiger partial charge in [0.05, 0.1) is 11.6 Å². The quantitative estimate of drug-likeness (QED) is 0.779. The van der Waals surface area contributed by atoms with E-state index in [0.29, 0.717) is 5.02 Å². The van der Waals surface area contributed by atoms with Crippen LogP contribution in [0.2, 0.25) is 5.02 Å². The van der Waals surface area contributed by atoms with E-state index in [1.54, 1.807) is 19.1 Å². The lowest BCUT2D eigenvalue weighted by Crippen LogP contribution is -1.85. The molecule has 0 unspecified atom stereocenters. The van der Waals surface area contributed by atoms with Crippen molar-refractivity contribution in [2.45, 2.75) is 6.92 Å². The molecule has 0 saturated carbocycles. The van der Waals surface area contributed by atoms with Gasteiger partial charge in [0.15, 0.2) is 0 Å². The highest BCUT2D eigenvalue weighted by molar-refractivity contribution is 6.32. The van der Waals surface area contributed by atoms with Gasteiger partial charge in [0.2, 0.25) is 0 Å². The van der Waals surface area contributed by atoms with Crippen LogP contribution in [0.3, 0.4) is 0 Å². The van der Waals surface area contributed by atoms with E-state index in [1.807, 2.05) is 0 Å². The normalized spacial score (nSPS) is 11.8. The topological polar surface area (TPSA) is 20.2 Å². The molecule has 1 aromatic carbocycles. The molecule has 0 aliphatic carbocycles. The van der Waals surface area contributed by atoms with Crippen LogP contribution in [0.4, 0.5) is 4.39 Å². The van der Waals surface area contributed by atoms with Crippen molar-refractivity contribution in [2.24, 2.45) is 0 Å². The zero-order valence-electron chi connectivity index (χ0n) is 7.22. The fourth-order valence-corrected chi connectivity index (χ4v) is 1.15. The monoisotopic (exact) mass is 200 g/mol. The van der Waals surface area contributed by atoms with Crippen molar-refractivity contribution in [2.75, 3.05) is 6.61 Å². The second-order valence-electron chi connectivity index (χ2n) is 2.81. The van der Waals surface area contributed by atoms with E-state index in [0.717, 1.165) is 11.1 Å². The van der Waals surface area contributed by atoms with Gasteiger partial charge >= 0.3 is 0 Å². The van der Waals surface area contributed by atoms with E-state index in [9.17, 15) is 4.39 Å². The highest BCUT2D eigenvalue weighted by atomic mass is 35.5. The molecule has 3 heteroatoms. The van der Waals surface area contributed by atoms with Crippen molar-refractivity contribution in [1.29, 1.82) is 0 Å². The average molecular weight is 201 g/mol. The van der Waals surface area contributed by atoms with Crippen LogP contribution >= 0.6 is 11.6 Å². The van der Waals surface area contributed by atoms with Crippen LogP contribution in [-0.2, 0) is 0 Å². The summed E-state index contributed by atoms with van der Waals surface area (Å²) in [5, 5.41) is 9.11. The Kier molecular flexibility index (Phi) is 3.46. The number of benzene rings is 1. The number of hydrogen-bond acceptors (Lipinski definition) is 1. The molecule has 0 aliphatic heterocycles. The summed E-state index contributed by atoms with van der Waals surface area (Å²) in [4.78, 5) is 0. The van der Waals surface area contributed by atoms with Crippen molar-refractivity contribution < 1.29 is 9.50 Å². The summed E-state index contributed by atoms with van der Waals surface area (Å²) in [5.74, 6) is -0.358. The average Bonchev–Trinajstić information content (AvgIpc) is 2.09. The van der Waals surface area contributed by atoms with Crippen molar-refractivity contribution in [3.05, 3.63) is 40.2 Å². The zero-order valence-corrected chi connectivity index (χ0v) is 7.98. The van der Waals surface area contributed by atoms with Crippen LogP contribution < -0.4 is 0 Å². The smallest absolute Gasteiger partial charge is 0.124 e. The molecule has 1 nitrogen and oxygen atoms in total. The standard InChI is InChI=1S/C10H10ClFO/c1-7(6-13)4-8-2-3-9(12)5-10(8)11/h2-5,13H,6H2,1H3/b7-4-. The number of aliphatic hydroxyl groups excluding tert-OH is 1. The van der Waals surface area contributed by atoms with Crippen LogP contribution in [0.15, 0.2) is 23.8 Å². The van der Waals surface area contributed by atoms with Gasteiger partial charge in [0.1, 0.15) is 5.82 Å². The molecule has 0 radical (unpaired) electrons. The molecule has 0 aliphatic rings. The third-order valence-corrected chi connectivity index (χ3v) is 1.94. The summed E-state index contributed by atoms with van der Waals surface area (Å²) < 4.78 is 12.6. The number of halogens is 2. The van der Waals surface area contributed by atoms with Gasteiger partial charge in [-0.3, -0.25) is 0 Å². The Morgan fingerprint density at radius 2 is 2.31 bits per heavy atom. The van der Waals surface area contributed by atoms with E-state index in [4.69, 9.17) is 16.7 Å². The van der Waals surface area contributed by atoms with Gasteiger partial charge in [0, 0.05) is 0 Å². The van der Waals surface area contributed by atoms with Gasteiger partial charge in [-0.2, -0.15) is 0 Å². The second kappa shape index (κ2) is 4.40. The lowest BCUT2D eigenvalue weighted by Gasteiger charge is -1.99. The Balaban J connectivity index is 3.03. The van der Waals surface area contributed by atoms with E-state index >= 15 is 0 Å². The Morgan fingerprint density at radius 3 is 2.85 bits per heavy atom. The second-order valence-corrected chi connectivity index (χ2v) is 3.22. The van der Waals surface area contributed by atoms with Gasteiger partial charge in [0.25, 0.3) is 0 Å².